The Morgan fingerprint density at radius 1 is 0.773 bits per heavy atom. The van der Waals surface area contributed by atoms with Gasteiger partial charge >= 0.3 is 5.90 Å². The molecule has 2 aromatic carbocycles. The van der Waals surface area contributed by atoms with Crippen LogP contribution >= 0.6 is 0 Å². The summed E-state index contributed by atoms with van der Waals surface area (Å²) in [5, 5.41) is 0. The maximum Gasteiger partial charge on any atom is 0.351 e. The van der Waals surface area contributed by atoms with Crippen molar-refractivity contribution in [3.05, 3.63) is 71.8 Å². The maximum absolute atomic E-state index is 6.20. The van der Waals surface area contributed by atoms with Crippen LogP contribution in [-0.4, -0.2) is 30.2 Å². The summed E-state index contributed by atoms with van der Waals surface area (Å²) in [5.74, 6) is 1.17. The minimum atomic E-state index is -0.118. The normalized spacial score (nSPS) is 20.2. The van der Waals surface area contributed by atoms with Gasteiger partial charge in [-0.1, -0.05) is 60.7 Å². The van der Waals surface area contributed by atoms with E-state index in [0.717, 1.165) is 26.1 Å². The molecule has 2 aliphatic heterocycles. The third kappa shape index (κ3) is 2.06. The number of nitrogens with zero attached hydrogens (tertiary/aromatic N) is 1. The Hall–Kier alpha value is -2.09. The zero-order chi connectivity index (χ0) is 14.8. The molecule has 0 saturated carbocycles. The molecule has 112 valence electrons. The van der Waals surface area contributed by atoms with E-state index in [2.05, 4.69) is 65.2 Å². The molecule has 0 unspecified atom stereocenters. The zero-order valence-electron chi connectivity index (χ0n) is 12.9. The highest BCUT2D eigenvalue weighted by Gasteiger charge is 2.51. The number of rotatable bonds is 2. The highest BCUT2D eigenvalue weighted by Crippen LogP contribution is 2.41. The lowest BCUT2D eigenvalue weighted by Crippen LogP contribution is -2.38. The summed E-state index contributed by atoms with van der Waals surface area (Å²) in [4.78, 5) is 0. The smallest absolute Gasteiger partial charge is 0.351 e. The van der Waals surface area contributed by atoms with Crippen LogP contribution in [0.4, 0.5) is 0 Å². The molecule has 22 heavy (non-hydrogen) atoms. The SMILES string of the molecule is c1ccc(C2(c3ccccc3)CCOC2=[N+]2CCCC2)cc1. The predicted octanol–water partition coefficient (Wildman–Crippen LogP) is 3.60. The summed E-state index contributed by atoms with van der Waals surface area (Å²) in [6, 6.07) is 21.7. The Morgan fingerprint density at radius 3 is 1.86 bits per heavy atom. The monoisotopic (exact) mass is 292 g/mol. The van der Waals surface area contributed by atoms with E-state index in [1.807, 2.05) is 0 Å². The standard InChI is InChI=1S/C20H22NO/c1-3-9-17(10-4-1)20(18-11-5-2-6-12-18)13-16-22-19(20)21-14-7-8-15-21/h1-6,9-12H,7-8,13-16H2/q+1. The van der Waals surface area contributed by atoms with Crippen LogP contribution in [0, 0.1) is 0 Å². The van der Waals surface area contributed by atoms with Crippen molar-refractivity contribution in [1.29, 1.82) is 0 Å². The topological polar surface area (TPSA) is 12.2 Å². The van der Waals surface area contributed by atoms with Crippen molar-refractivity contribution in [3.8, 4) is 0 Å². The molecule has 2 aromatic rings. The van der Waals surface area contributed by atoms with Crippen molar-refractivity contribution in [3.63, 3.8) is 0 Å². The van der Waals surface area contributed by atoms with E-state index in [1.165, 1.54) is 29.9 Å². The van der Waals surface area contributed by atoms with Crippen molar-refractivity contribution < 1.29 is 9.31 Å². The van der Waals surface area contributed by atoms with Gasteiger partial charge in [0.2, 0.25) is 0 Å². The number of ether oxygens (including phenoxy) is 1. The molecule has 2 fully saturated rings. The molecule has 2 saturated heterocycles. The van der Waals surface area contributed by atoms with Gasteiger partial charge in [-0.3, -0.25) is 0 Å². The van der Waals surface area contributed by atoms with Crippen LogP contribution in [0.3, 0.4) is 0 Å². The van der Waals surface area contributed by atoms with Gasteiger partial charge in [0.15, 0.2) is 0 Å². The van der Waals surface area contributed by atoms with Crippen LogP contribution in [-0.2, 0) is 10.2 Å². The van der Waals surface area contributed by atoms with Crippen molar-refractivity contribution in [2.75, 3.05) is 19.7 Å². The first kappa shape index (κ1) is 13.6. The largest absolute Gasteiger partial charge is 0.447 e. The minimum absolute atomic E-state index is 0.118. The Balaban J connectivity index is 1.95. The molecular weight excluding hydrogens is 270 g/mol. The Kier molecular flexibility index (Phi) is 3.45. The molecule has 0 radical (unpaired) electrons. The van der Waals surface area contributed by atoms with Crippen molar-refractivity contribution in [1.82, 2.24) is 0 Å². The number of hydrogen-bond donors (Lipinski definition) is 0. The first-order chi connectivity index (χ1) is 10.9. The second kappa shape index (κ2) is 5.60. The summed E-state index contributed by atoms with van der Waals surface area (Å²) < 4.78 is 8.67. The van der Waals surface area contributed by atoms with Gasteiger partial charge < -0.3 is 4.74 Å². The van der Waals surface area contributed by atoms with Crippen molar-refractivity contribution in [2.45, 2.75) is 24.7 Å². The van der Waals surface area contributed by atoms with Gasteiger partial charge in [-0.15, -0.1) is 0 Å². The molecule has 0 N–H and O–H groups in total. The lowest BCUT2D eigenvalue weighted by Gasteiger charge is -2.26. The molecule has 0 bridgehead atoms. The number of hydrogen-bond acceptors (Lipinski definition) is 1. The van der Waals surface area contributed by atoms with E-state index in [4.69, 9.17) is 4.74 Å². The van der Waals surface area contributed by atoms with Gasteiger partial charge in [-0.2, -0.15) is 0 Å². The van der Waals surface area contributed by atoms with E-state index < -0.39 is 0 Å². The Bertz CT molecular complexity index is 628. The van der Waals surface area contributed by atoms with Crippen molar-refractivity contribution >= 4 is 5.90 Å². The molecule has 0 spiro atoms. The fourth-order valence-electron chi connectivity index (χ4n) is 3.96. The van der Waals surface area contributed by atoms with Gasteiger partial charge in [0, 0.05) is 19.3 Å². The van der Waals surface area contributed by atoms with Crippen LogP contribution < -0.4 is 0 Å². The van der Waals surface area contributed by atoms with Crippen LogP contribution in [0.1, 0.15) is 30.4 Å². The van der Waals surface area contributed by atoms with E-state index in [1.54, 1.807) is 0 Å². The van der Waals surface area contributed by atoms with Crippen LogP contribution in [0.15, 0.2) is 60.7 Å². The summed E-state index contributed by atoms with van der Waals surface area (Å²) in [6.45, 7) is 3.04. The lowest BCUT2D eigenvalue weighted by atomic mass is 9.73. The van der Waals surface area contributed by atoms with Gasteiger partial charge in [0.1, 0.15) is 18.5 Å². The predicted molar refractivity (Wildman–Crippen MR) is 88.5 cm³/mol. The summed E-state index contributed by atoms with van der Waals surface area (Å²) in [7, 11) is 0. The molecule has 0 aliphatic carbocycles. The Morgan fingerprint density at radius 2 is 1.32 bits per heavy atom. The highest BCUT2D eigenvalue weighted by molar-refractivity contribution is 5.90. The third-order valence-corrected chi connectivity index (χ3v) is 5.01. The summed E-state index contributed by atoms with van der Waals surface area (Å²) >= 11 is 0. The van der Waals surface area contributed by atoms with E-state index in [9.17, 15) is 0 Å². The second-order valence-corrected chi connectivity index (χ2v) is 6.24. The van der Waals surface area contributed by atoms with Gasteiger partial charge in [-0.05, 0) is 11.1 Å². The first-order valence-electron chi connectivity index (χ1n) is 8.27. The van der Waals surface area contributed by atoms with Crippen LogP contribution in [0.2, 0.25) is 0 Å². The Labute approximate surface area is 132 Å². The lowest BCUT2D eigenvalue weighted by molar-refractivity contribution is -0.516. The maximum atomic E-state index is 6.20. The molecular formula is C20H22NO+. The molecule has 0 amide bonds. The fraction of sp³-hybridized carbons (Fsp3) is 0.350. The molecule has 2 nitrogen and oxygen atoms in total. The quantitative estimate of drug-likeness (QED) is 0.770. The second-order valence-electron chi connectivity index (χ2n) is 6.24. The first-order valence-corrected chi connectivity index (χ1v) is 8.27. The molecule has 2 heterocycles. The van der Waals surface area contributed by atoms with E-state index in [-0.39, 0.29) is 5.41 Å². The fourth-order valence-corrected chi connectivity index (χ4v) is 3.96. The number of benzene rings is 2. The van der Waals surface area contributed by atoms with Crippen molar-refractivity contribution in [2.24, 2.45) is 0 Å². The zero-order valence-corrected chi connectivity index (χ0v) is 12.9. The third-order valence-electron chi connectivity index (χ3n) is 5.01. The summed E-state index contributed by atoms with van der Waals surface area (Å²) in [5.41, 5.74) is 2.58. The molecule has 0 atom stereocenters. The van der Waals surface area contributed by atoms with Gasteiger partial charge in [0.05, 0.1) is 6.61 Å². The molecule has 4 rings (SSSR count). The summed E-state index contributed by atoms with van der Waals surface area (Å²) in [6.07, 6.45) is 3.56. The van der Waals surface area contributed by atoms with Crippen LogP contribution in [0.5, 0.6) is 0 Å². The minimum Gasteiger partial charge on any atom is -0.447 e. The molecule has 2 heteroatoms. The molecule has 2 aliphatic rings. The van der Waals surface area contributed by atoms with Gasteiger partial charge in [0.25, 0.3) is 0 Å². The average molecular weight is 292 g/mol. The highest BCUT2D eigenvalue weighted by atomic mass is 16.5. The average Bonchev–Trinajstić information content (AvgIpc) is 3.26. The van der Waals surface area contributed by atoms with Crippen LogP contribution in [0.25, 0.3) is 0 Å². The van der Waals surface area contributed by atoms with Gasteiger partial charge in [-0.25, -0.2) is 4.58 Å². The molecule has 0 aromatic heterocycles. The van der Waals surface area contributed by atoms with E-state index >= 15 is 0 Å². The van der Waals surface area contributed by atoms with E-state index in [0.29, 0.717) is 0 Å².